The first kappa shape index (κ1) is 15.1. The van der Waals surface area contributed by atoms with Crippen LogP contribution in [-0.2, 0) is 11.3 Å². The van der Waals surface area contributed by atoms with Gasteiger partial charge in [0.15, 0.2) is 5.96 Å². The Hall–Kier alpha value is -1.98. The highest BCUT2D eigenvalue weighted by Crippen LogP contribution is 2.10. The van der Waals surface area contributed by atoms with E-state index < -0.39 is 5.97 Å². The maximum absolute atomic E-state index is 11.4. The quantitative estimate of drug-likeness (QED) is 0.465. The third-order valence-corrected chi connectivity index (χ3v) is 2.55. The van der Waals surface area contributed by atoms with Gasteiger partial charge in [0.25, 0.3) is 0 Å². The largest absolute Gasteiger partial charge is 0.460 e. The molecule has 0 saturated carbocycles. The van der Waals surface area contributed by atoms with Crippen LogP contribution in [0.4, 0.5) is 0 Å². The van der Waals surface area contributed by atoms with Gasteiger partial charge in [-0.15, -0.1) is 0 Å². The standard InChI is InChI=1S/C13H21N3O3/c1-4-9(3)16-13(14)15-8-10-6-7-11(19-10)12(17)18-5-2/h6-7,9H,4-5,8H2,1-3H3,(H3,14,15,16). The Morgan fingerprint density at radius 2 is 2.26 bits per heavy atom. The van der Waals surface area contributed by atoms with Crippen molar-refractivity contribution in [3.63, 3.8) is 0 Å². The van der Waals surface area contributed by atoms with Crippen molar-refractivity contribution in [2.45, 2.75) is 39.8 Å². The van der Waals surface area contributed by atoms with Crippen molar-refractivity contribution < 1.29 is 13.9 Å². The number of hydrogen-bond donors (Lipinski definition) is 2. The number of esters is 1. The fourth-order valence-corrected chi connectivity index (χ4v) is 1.34. The normalized spacial score (nSPS) is 13.1. The molecule has 106 valence electrons. The predicted octanol–water partition coefficient (Wildman–Crippen LogP) is 1.66. The molecule has 1 aromatic heterocycles. The maximum atomic E-state index is 11.4. The molecule has 0 radical (unpaired) electrons. The molecule has 1 aromatic rings. The van der Waals surface area contributed by atoms with Crippen LogP contribution in [0, 0.1) is 0 Å². The molecule has 0 amide bonds. The lowest BCUT2D eigenvalue weighted by molar-refractivity contribution is 0.0488. The second-order valence-electron chi connectivity index (χ2n) is 4.14. The number of nitrogens with two attached hydrogens (primary N) is 1. The minimum absolute atomic E-state index is 0.181. The molecular weight excluding hydrogens is 246 g/mol. The van der Waals surface area contributed by atoms with E-state index in [-0.39, 0.29) is 18.3 Å². The molecule has 0 aromatic carbocycles. The van der Waals surface area contributed by atoms with Gasteiger partial charge in [-0.05, 0) is 32.4 Å². The zero-order chi connectivity index (χ0) is 14.3. The summed E-state index contributed by atoms with van der Waals surface area (Å²) in [4.78, 5) is 15.5. The van der Waals surface area contributed by atoms with Crippen LogP contribution in [0.1, 0.15) is 43.5 Å². The molecule has 3 N–H and O–H groups in total. The summed E-state index contributed by atoms with van der Waals surface area (Å²) in [7, 11) is 0. The molecule has 1 heterocycles. The molecule has 0 bridgehead atoms. The summed E-state index contributed by atoms with van der Waals surface area (Å²) in [5, 5.41) is 3.04. The van der Waals surface area contributed by atoms with Crippen LogP contribution in [0.5, 0.6) is 0 Å². The molecule has 0 spiro atoms. The van der Waals surface area contributed by atoms with Gasteiger partial charge < -0.3 is 20.2 Å². The van der Waals surface area contributed by atoms with Crippen molar-refractivity contribution in [1.82, 2.24) is 5.32 Å². The molecular formula is C13H21N3O3. The van der Waals surface area contributed by atoms with Crippen LogP contribution in [0.2, 0.25) is 0 Å². The number of aliphatic imine (C=N–C) groups is 1. The molecule has 0 fully saturated rings. The molecule has 6 nitrogen and oxygen atoms in total. The number of nitrogens with zero attached hydrogens (tertiary/aromatic N) is 1. The van der Waals surface area contributed by atoms with Crippen LogP contribution >= 0.6 is 0 Å². The Morgan fingerprint density at radius 1 is 1.53 bits per heavy atom. The highest BCUT2D eigenvalue weighted by atomic mass is 16.5. The second-order valence-corrected chi connectivity index (χ2v) is 4.14. The highest BCUT2D eigenvalue weighted by molar-refractivity contribution is 5.86. The first-order chi connectivity index (χ1) is 9.06. The Kier molecular flexibility index (Phi) is 5.92. The van der Waals surface area contributed by atoms with Gasteiger partial charge in [0.1, 0.15) is 12.3 Å². The third-order valence-electron chi connectivity index (χ3n) is 2.55. The van der Waals surface area contributed by atoms with E-state index in [9.17, 15) is 4.79 Å². The smallest absolute Gasteiger partial charge is 0.374 e. The van der Waals surface area contributed by atoms with Crippen LogP contribution in [0.25, 0.3) is 0 Å². The summed E-state index contributed by atoms with van der Waals surface area (Å²) in [5.41, 5.74) is 5.72. The van der Waals surface area contributed by atoms with Crippen molar-refractivity contribution in [2.75, 3.05) is 6.61 Å². The number of carbonyl (C=O) groups is 1. The van der Waals surface area contributed by atoms with E-state index in [0.29, 0.717) is 18.3 Å². The van der Waals surface area contributed by atoms with E-state index in [2.05, 4.69) is 17.2 Å². The lowest BCUT2D eigenvalue weighted by Gasteiger charge is -2.11. The van der Waals surface area contributed by atoms with Gasteiger partial charge in [-0.1, -0.05) is 6.92 Å². The summed E-state index contributed by atoms with van der Waals surface area (Å²) in [5.74, 6) is 0.643. The van der Waals surface area contributed by atoms with Crippen LogP contribution in [0.3, 0.4) is 0 Å². The number of guanidine groups is 1. The third kappa shape index (κ3) is 5.03. The van der Waals surface area contributed by atoms with E-state index >= 15 is 0 Å². The van der Waals surface area contributed by atoms with Crippen molar-refractivity contribution in [2.24, 2.45) is 10.7 Å². The summed E-state index contributed by atoms with van der Waals surface area (Å²) >= 11 is 0. The summed E-state index contributed by atoms with van der Waals surface area (Å²) in [6.45, 7) is 6.43. The minimum Gasteiger partial charge on any atom is -0.460 e. The molecule has 0 saturated heterocycles. The van der Waals surface area contributed by atoms with Crippen LogP contribution in [0.15, 0.2) is 21.5 Å². The first-order valence-electron chi connectivity index (χ1n) is 6.39. The molecule has 1 unspecified atom stereocenters. The van der Waals surface area contributed by atoms with Gasteiger partial charge in [0.05, 0.1) is 6.61 Å². The number of carbonyl (C=O) groups excluding carboxylic acids is 1. The topological polar surface area (TPSA) is 89.8 Å². The fraction of sp³-hybridized carbons (Fsp3) is 0.538. The average molecular weight is 267 g/mol. The van der Waals surface area contributed by atoms with Crippen molar-refractivity contribution in [3.05, 3.63) is 23.7 Å². The molecule has 1 rings (SSSR count). The summed E-state index contributed by atoms with van der Waals surface area (Å²) in [6.07, 6.45) is 0.962. The van der Waals surface area contributed by atoms with E-state index in [1.807, 2.05) is 6.92 Å². The minimum atomic E-state index is -0.469. The maximum Gasteiger partial charge on any atom is 0.374 e. The van der Waals surface area contributed by atoms with Gasteiger partial charge in [-0.2, -0.15) is 0 Å². The number of rotatable bonds is 6. The zero-order valence-corrected chi connectivity index (χ0v) is 11.6. The lowest BCUT2D eigenvalue weighted by Crippen LogP contribution is -2.38. The Morgan fingerprint density at radius 3 is 2.89 bits per heavy atom. The molecule has 0 aliphatic rings. The van der Waals surface area contributed by atoms with Gasteiger partial charge in [-0.3, -0.25) is 0 Å². The van der Waals surface area contributed by atoms with E-state index in [1.165, 1.54) is 0 Å². The van der Waals surface area contributed by atoms with Crippen LogP contribution in [-0.4, -0.2) is 24.6 Å². The van der Waals surface area contributed by atoms with Gasteiger partial charge in [-0.25, -0.2) is 9.79 Å². The van der Waals surface area contributed by atoms with Gasteiger partial charge in [0, 0.05) is 6.04 Å². The van der Waals surface area contributed by atoms with E-state index in [4.69, 9.17) is 14.9 Å². The number of furan rings is 1. The van der Waals surface area contributed by atoms with Gasteiger partial charge in [0.2, 0.25) is 5.76 Å². The molecule has 0 aliphatic carbocycles. The van der Waals surface area contributed by atoms with Crippen molar-refractivity contribution in [1.29, 1.82) is 0 Å². The lowest BCUT2D eigenvalue weighted by atomic mass is 10.3. The van der Waals surface area contributed by atoms with E-state index in [0.717, 1.165) is 6.42 Å². The average Bonchev–Trinajstić information content (AvgIpc) is 2.85. The van der Waals surface area contributed by atoms with Gasteiger partial charge >= 0.3 is 5.97 Å². The van der Waals surface area contributed by atoms with Crippen molar-refractivity contribution in [3.8, 4) is 0 Å². The fourth-order valence-electron chi connectivity index (χ4n) is 1.34. The molecule has 19 heavy (non-hydrogen) atoms. The zero-order valence-electron chi connectivity index (χ0n) is 11.6. The predicted molar refractivity (Wildman–Crippen MR) is 72.9 cm³/mol. The van der Waals surface area contributed by atoms with E-state index in [1.54, 1.807) is 19.1 Å². The molecule has 1 atom stereocenters. The molecule has 6 heteroatoms. The second kappa shape index (κ2) is 7.45. The van der Waals surface area contributed by atoms with Crippen molar-refractivity contribution >= 4 is 11.9 Å². The summed E-state index contributed by atoms with van der Waals surface area (Å²) in [6, 6.07) is 3.53. The number of nitrogens with one attached hydrogen (secondary N) is 1. The SMILES string of the molecule is CCOC(=O)c1ccc(CN=C(N)NC(C)CC)o1. The monoisotopic (exact) mass is 267 g/mol. The first-order valence-corrected chi connectivity index (χ1v) is 6.39. The number of ether oxygens (including phenoxy) is 1. The van der Waals surface area contributed by atoms with Crippen LogP contribution < -0.4 is 11.1 Å². The Labute approximate surface area is 113 Å². The highest BCUT2D eigenvalue weighted by Gasteiger charge is 2.11. The summed E-state index contributed by atoms with van der Waals surface area (Å²) < 4.78 is 10.1. The Bertz CT molecular complexity index is 440. The number of hydrogen-bond acceptors (Lipinski definition) is 4. The Balaban J connectivity index is 2.54. The molecule has 0 aliphatic heterocycles.